The number of benzene rings is 2. The zero-order chi connectivity index (χ0) is 22.0. The molecule has 1 aliphatic heterocycles. The van der Waals surface area contributed by atoms with Crippen molar-refractivity contribution in [1.29, 1.82) is 0 Å². The zero-order valence-corrected chi connectivity index (χ0v) is 17.7. The second kappa shape index (κ2) is 8.73. The number of rotatable bonds is 6. The lowest BCUT2D eigenvalue weighted by Crippen LogP contribution is -2.42. The van der Waals surface area contributed by atoms with Crippen LogP contribution in [0, 0.1) is 0 Å². The van der Waals surface area contributed by atoms with E-state index in [0.717, 1.165) is 11.3 Å². The fourth-order valence-corrected chi connectivity index (χ4v) is 4.15. The smallest absolute Gasteiger partial charge is 0.255 e. The van der Waals surface area contributed by atoms with Crippen LogP contribution in [0.5, 0.6) is 11.5 Å². The number of carbonyl (C=O) groups is 2. The summed E-state index contributed by atoms with van der Waals surface area (Å²) in [6, 6.07) is 16.8. The van der Waals surface area contributed by atoms with E-state index >= 15 is 0 Å². The van der Waals surface area contributed by atoms with E-state index in [1.807, 2.05) is 53.6 Å². The molecule has 2 amide bonds. The van der Waals surface area contributed by atoms with Gasteiger partial charge in [-0.3, -0.25) is 9.59 Å². The van der Waals surface area contributed by atoms with Gasteiger partial charge in [0.2, 0.25) is 0 Å². The lowest BCUT2D eigenvalue weighted by molar-refractivity contribution is -0.119. The maximum absolute atomic E-state index is 13.6. The molecule has 2 N–H and O–H groups in total. The molecule has 4 rings (SSSR count). The number of nitrogens with zero attached hydrogens (tertiary/aromatic N) is 2. The monoisotopic (exact) mass is 439 g/mol. The molecule has 0 radical (unpaired) electrons. The van der Waals surface area contributed by atoms with Crippen molar-refractivity contribution in [2.75, 3.05) is 20.3 Å². The van der Waals surface area contributed by atoms with Crippen LogP contribution in [0.3, 0.4) is 0 Å². The summed E-state index contributed by atoms with van der Waals surface area (Å²) in [6.45, 7) is 0.893. The van der Waals surface area contributed by atoms with Gasteiger partial charge in [-0.15, -0.1) is 0 Å². The predicted octanol–water partition coefficient (Wildman–Crippen LogP) is 3.26. The van der Waals surface area contributed by atoms with Gasteiger partial charge in [0, 0.05) is 30.5 Å². The van der Waals surface area contributed by atoms with Crippen molar-refractivity contribution in [2.24, 2.45) is 5.73 Å². The third-order valence-corrected chi connectivity index (χ3v) is 5.53. The first-order chi connectivity index (χ1) is 15.0. The van der Waals surface area contributed by atoms with Crippen molar-refractivity contribution in [2.45, 2.75) is 12.6 Å². The molecule has 0 saturated heterocycles. The van der Waals surface area contributed by atoms with Crippen LogP contribution in [-0.4, -0.2) is 41.5 Å². The number of hydrogen-bond donors (Lipinski definition) is 1. The number of ether oxygens (including phenoxy) is 2. The lowest BCUT2D eigenvalue weighted by Gasteiger charge is -2.37. The van der Waals surface area contributed by atoms with E-state index in [1.165, 1.54) is 13.2 Å². The number of methoxy groups -OCH3 is 1. The number of hydrogen-bond acceptors (Lipinski definition) is 4. The standard InChI is InChI=1S/C23H22ClN3O4/c1-30-19-13-16(12-17(24)22(19)31-14-20(25)28)23(29)27-11-10-26-9-5-8-18(26)21(27)15-6-3-2-4-7-15/h2-9,12-13,21H,10-11,14H2,1H3,(H2,25,28). The van der Waals surface area contributed by atoms with Gasteiger partial charge >= 0.3 is 0 Å². The molecule has 0 saturated carbocycles. The van der Waals surface area contributed by atoms with Gasteiger partial charge in [0.15, 0.2) is 18.1 Å². The Morgan fingerprint density at radius 3 is 2.61 bits per heavy atom. The van der Waals surface area contributed by atoms with Crippen LogP contribution >= 0.6 is 11.6 Å². The van der Waals surface area contributed by atoms with Crippen LogP contribution in [-0.2, 0) is 11.3 Å². The summed E-state index contributed by atoms with van der Waals surface area (Å²) in [5, 5.41) is 0.167. The molecular weight excluding hydrogens is 418 g/mol. The summed E-state index contributed by atoms with van der Waals surface area (Å²) in [5.41, 5.74) is 7.59. The van der Waals surface area contributed by atoms with Gasteiger partial charge < -0.3 is 24.7 Å². The zero-order valence-electron chi connectivity index (χ0n) is 17.0. The highest BCUT2D eigenvalue weighted by Crippen LogP contribution is 2.38. The van der Waals surface area contributed by atoms with Gasteiger partial charge in [0.1, 0.15) is 0 Å². The van der Waals surface area contributed by atoms with Gasteiger partial charge in [-0.1, -0.05) is 41.9 Å². The largest absolute Gasteiger partial charge is 0.493 e. The van der Waals surface area contributed by atoms with E-state index in [0.29, 0.717) is 18.7 Å². The Morgan fingerprint density at radius 2 is 1.90 bits per heavy atom. The molecule has 1 aromatic heterocycles. The summed E-state index contributed by atoms with van der Waals surface area (Å²) >= 11 is 6.36. The molecule has 160 valence electrons. The summed E-state index contributed by atoms with van der Waals surface area (Å²) < 4.78 is 12.9. The number of carbonyl (C=O) groups excluding carboxylic acids is 2. The molecule has 0 aliphatic carbocycles. The number of primary amides is 1. The lowest BCUT2D eigenvalue weighted by atomic mass is 9.99. The predicted molar refractivity (Wildman–Crippen MR) is 116 cm³/mol. The van der Waals surface area contributed by atoms with Crippen molar-refractivity contribution in [1.82, 2.24) is 9.47 Å². The van der Waals surface area contributed by atoms with Crippen molar-refractivity contribution in [3.8, 4) is 11.5 Å². The van der Waals surface area contributed by atoms with Crippen LogP contribution in [0.15, 0.2) is 60.8 Å². The molecular formula is C23H22ClN3O4. The van der Waals surface area contributed by atoms with Gasteiger partial charge in [-0.2, -0.15) is 0 Å². The second-order valence-electron chi connectivity index (χ2n) is 7.18. The molecule has 2 aromatic carbocycles. The maximum atomic E-state index is 13.6. The van der Waals surface area contributed by atoms with Crippen LogP contribution in [0.2, 0.25) is 5.02 Å². The Hall–Kier alpha value is -3.45. The van der Waals surface area contributed by atoms with E-state index < -0.39 is 5.91 Å². The fourth-order valence-electron chi connectivity index (χ4n) is 3.88. The molecule has 0 spiro atoms. The first-order valence-electron chi connectivity index (χ1n) is 9.79. The minimum atomic E-state index is -0.639. The average Bonchev–Trinajstić information content (AvgIpc) is 3.26. The molecule has 7 nitrogen and oxygen atoms in total. The average molecular weight is 440 g/mol. The Morgan fingerprint density at radius 1 is 1.13 bits per heavy atom. The normalized spacial score (nSPS) is 15.3. The first kappa shape index (κ1) is 20.8. The van der Waals surface area contributed by atoms with Gasteiger partial charge in [0.05, 0.1) is 18.2 Å². The van der Waals surface area contributed by atoms with Crippen LogP contribution in [0.25, 0.3) is 0 Å². The number of amides is 2. The van der Waals surface area contributed by atoms with E-state index in [2.05, 4.69) is 4.57 Å². The molecule has 31 heavy (non-hydrogen) atoms. The van der Waals surface area contributed by atoms with Crippen LogP contribution < -0.4 is 15.2 Å². The third-order valence-electron chi connectivity index (χ3n) is 5.25. The molecule has 8 heteroatoms. The Labute approximate surface area is 184 Å². The second-order valence-corrected chi connectivity index (χ2v) is 7.59. The Balaban J connectivity index is 1.71. The highest BCUT2D eigenvalue weighted by atomic mass is 35.5. The van der Waals surface area contributed by atoms with E-state index in [9.17, 15) is 9.59 Å². The number of nitrogens with two attached hydrogens (primary N) is 1. The fraction of sp³-hybridized carbons (Fsp3) is 0.217. The highest BCUT2D eigenvalue weighted by Gasteiger charge is 2.33. The van der Waals surface area contributed by atoms with Crippen LogP contribution in [0.1, 0.15) is 27.7 Å². The molecule has 0 fully saturated rings. The van der Waals surface area contributed by atoms with Gasteiger partial charge in [-0.25, -0.2) is 0 Å². The summed E-state index contributed by atoms with van der Waals surface area (Å²) in [4.78, 5) is 26.5. The Bertz CT molecular complexity index is 1110. The molecule has 1 unspecified atom stereocenters. The number of halogens is 1. The van der Waals surface area contributed by atoms with Crippen LogP contribution in [0.4, 0.5) is 0 Å². The first-order valence-corrected chi connectivity index (χ1v) is 10.2. The molecule has 2 heterocycles. The molecule has 0 bridgehead atoms. The SMILES string of the molecule is COc1cc(C(=O)N2CCn3cccc3C2c2ccccc2)cc(Cl)c1OCC(N)=O. The number of aromatic nitrogens is 1. The minimum Gasteiger partial charge on any atom is -0.493 e. The van der Waals surface area contributed by atoms with Crippen molar-refractivity contribution < 1.29 is 19.1 Å². The Kier molecular flexibility index (Phi) is 5.86. The van der Waals surface area contributed by atoms with Crippen molar-refractivity contribution in [3.63, 3.8) is 0 Å². The third kappa shape index (κ3) is 4.09. The maximum Gasteiger partial charge on any atom is 0.255 e. The minimum absolute atomic E-state index is 0.167. The van der Waals surface area contributed by atoms with Gasteiger partial charge in [-0.05, 0) is 29.8 Å². The summed E-state index contributed by atoms with van der Waals surface area (Å²) in [6.07, 6.45) is 2.03. The van der Waals surface area contributed by atoms with E-state index in [1.54, 1.807) is 6.07 Å². The quantitative estimate of drug-likeness (QED) is 0.638. The molecule has 3 aromatic rings. The highest BCUT2D eigenvalue weighted by molar-refractivity contribution is 6.32. The topological polar surface area (TPSA) is 86.8 Å². The summed E-state index contributed by atoms with van der Waals surface area (Å²) in [5.74, 6) is -0.386. The van der Waals surface area contributed by atoms with Gasteiger partial charge in [0.25, 0.3) is 11.8 Å². The van der Waals surface area contributed by atoms with E-state index in [-0.39, 0.29) is 35.1 Å². The molecule has 1 atom stereocenters. The van der Waals surface area contributed by atoms with Crippen molar-refractivity contribution in [3.05, 3.63) is 82.6 Å². The molecule has 1 aliphatic rings. The van der Waals surface area contributed by atoms with E-state index in [4.69, 9.17) is 26.8 Å². The number of fused-ring (bicyclic) bond motifs is 1. The summed E-state index contributed by atoms with van der Waals surface area (Å²) in [7, 11) is 1.44. The van der Waals surface area contributed by atoms with Crippen molar-refractivity contribution >= 4 is 23.4 Å².